The molecule has 1 N–H and O–H groups in total. The molecule has 0 aliphatic carbocycles. The summed E-state index contributed by atoms with van der Waals surface area (Å²) in [5.74, 6) is 0.0590. The number of carbonyl (C=O) groups is 1. The van der Waals surface area contributed by atoms with E-state index in [2.05, 4.69) is 10.3 Å². The first-order chi connectivity index (χ1) is 13.0. The lowest BCUT2D eigenvalue weighted by atomic mass is 10.2. The molecule has 8 heteroatoms. The van der Waals surface area contributed by atoms with Crippen LogP contribution in [0.4, 0.5) is 11.4 Å². The lowest BCUT2D eigenvalue weighted by molar-refractivity contribution is -0.384. The minimum absolute atomic E-state index is 0.123. The Balaban J connectivity index is 1.75. The molecule has 0 saturated carbocycles. The maximum absolute atomic E-state index is 12.5. The van der Waals surface area contributed by atoms with Gasteiger partial charge in [0.25, 0.3) is 5.69 Å². The van der Waals surface area contributed by atoms with Crippen molar-refractivity contribution >= 4 is 39.9 Å². The number of non-ortho nitro benzene ring substituents is 1. The van der Waals surface area contributed by atoms with Crippen molar-refractivity contribution < 1.29 is 14.5 Å². The molecule has 27 heavy (non-hydrogen) atoms. The van der Waals surface area contributed by atoms with Crippen LogP contribution < -0.4 is 10.1 Å². The third-order valence-electron chi connectivity index (χ3n) is 3.89. The fourth-order valence-corrected chi connectivity index (χ4v) is 3.32. The number of benzene rings is 2. The number of thioether (sulfide) groups is 1. The lowest BCUT2D eigenvalue weighted by Gasteiger charge is -2.14. The van der Waals surface area contributed by atoms with E-state index < -0.39 is 10.2 Å². The molecular weight excluding hydrogens is 366 g/mol. The first kappa shape index (κ1) is 18.7. The third-order valence-corrected chi connectivity index (χ3v) is 4.93. The molecule has 0 fully saturated rings. The minimum Gasteiger partial charge on any atom is -0.495 e. The number of rotatable bonds is 6. The van der Waals surface area contributed by atoms with Gasteiger partial charge in [0.05, 0.1) is 33.5 Å². The number of nitrogens with zero attached hydrogens (tertiary/aromatic N) is 2. The van der Waals surface area contributed by atoms with Gasteiger partial charge >= 0.3 is 0 Å². The fourth-order valence-electron chi connectivity index (χ4n) is 2.49. The quantitative estimate of drug-likeness (QED) is 0.388. The second-order valence-corrected chi connectivity index (χ2v) is 7.09. The average Bonchev–Trinajstić information content (AvgIpc) is 2.67. The first-order valence-corrected chi connectivity index (χ1v) is 9.01. The van der Waals surface area contributed by atoms with E-state index in [1.165, 1.54) is 37.1 Å². The Morgan fingerprint density at radius 1 is 1.22 bits per heavy atom. The Bertz CT molecular complexity index is 1010. The standard InChI is InChI=1S/C19H17N3O4S/c1-12(27-18-10-7-13-5-3-4-6-15(13)20-18)19(23)21-16-11-14(22(24)25)8-9-17(16)26-2/h3-12H,1-2H3,(H,21,23)/t12-/m0/s1. The molecule has 0 radical (unpaired) electrons. The highest BCUT2D eigenvalue weighted by Gasteiger charge is 2.19. The Hall–Kier alpha value is -3.13. The summed E-state index contributed by atoms with van der Waals surface area (Å²) in [4.78, 5) is 27.5. The zero-order valence-corrected chi connectivity index (χ0v) is 15.5. The van der Waals surface area contributed by atoms with E-state index in [-0.39, 0.29) is 17.3 Å². The van der Waals surface area contributed by atoms with Crippen LogP contribution in [0.5, 0.6) is 5.75 Å². The molecule has 1 heterocycles. The van der Waals surface area contributed by atoms with E-state index in [0.29, 0.717) is 5.75 Å². The van der Waals surface area contributed by atoms with Gasteiger partial charge in [-0.05, 0) is 25.1 Å². The molecule has 3 rings (SSSR count). The third kappa shape index (κ3) is 4.35. The number of anilines is 1. The van der Waals surface area contributed by atoms with Gasteiger partial charge in [-0.3, -0.25) is 14.9 Å². The van der Waals surface area contributed by atoms with Crippen LogP contribution in [0, 0.1) is 10.1 Å². The van der Waals surface area contributed by atoms with E-state index in [1.807, 2.05) is 36.4 Å². The maximum atomic E-state index is 12.5. The molecule has 0 unspecified atom stereocenters. The summed E-state index contributed by atoms with van der Waals surface area (Å²) in [5.41, 5.74) is 0.994. The number of pyridine rings is 1. The number of nitrogens with one attached hydrogen (secondary N) is 1. The Morgan fingerprint density at radius 3 is 2.74 bits per heavy atom. The van der Waals surface area contributed by atoms with Gasteiger partial charge in [0.15, 0.2) is 0 Å². The van der Waals surface area contributed by atoms with Crippen LogP contribution in [0.3, 0.4) is 0 Å². The molecule has 2 aromatic carbocycles. The van der Waals surface area contributed by atoms with E-state index in [4.69, 9.17) is 4.74 Å². The van der Waals surface area contributed by atoms with Crippen LogP contribution in [0.15, 0.2) is 59.6 Å². The molecule has 0 aliphatic heterocycles. The van der Waals surface area contributed by atoms with E-state index in [1.54, 1.807) is 6.92 Å². The average molecular weight is 383 g/mol. The number of nitro benzene ring substituents is 1. The SMILES string of the molecule is COc1ccc([N+](=O)[O-])cc1NC(=O)[C@H](C)Sc1ccc2ccccc2n1. The van der Waals surface area contributed by atoms with E-state index in [0.717, 1.165) is 15.9 Å². The van der Waals surface area contributed by atoms with Gasteiger partial charge in [-0.15, -0.1) is 0 Å². The number of hydrogen-bond donors (Lipinski definition) is 1. The number of nitro groups is 1. The smallest absolute Gasteiger partial charge is 0.271 e. The number of hydrogen-bond acceptors (Lipinski definition) is 6. The molecular formula is C19H17N3O4S. The Labute approximate surface area is 159 Å². The van der Waals surface area contributed by atoms with Gasteiger partial charge in [-0.2, -0.15) is 0 Å². The normalized spacial score (nSPS) is 11.8. The molecule has 0 aliphatic rings. The molecule has 1 aromatic heterocycles. The Morgan fingerprint density at radius 2 is 2.00 bits per heavy atom. The lowest BCUT2D eigenvalue weighted by Crippen LogP contribution is -2.22. The summed E-state index contributed by atoms with van der Waals surface area (Å²) in [6.07, 6.45) is 0. The summed E-state index contributed by atoms with van der Waals surface area (Å²) in [7, 11) is 1.44. The van der Waals surface area contributed by atoms with E-state index >= 15 is 0 Å². The van der Waals surface area contributed by atoms with Crippen molar-refractivity contribution in [3.05, 3.63) is 64.7 Å². The Kier molecular flexibility index (Phi) is 5.56. The van der Waals surface area contributed by atoms with Crippen LogP contribution in [0.2, 0.25) is 0 Å². The molecule has 0 bridgehead atoms. The summed E-state index contributed by atoms with van der Waals surface area (Å²) in [6.45, 7) is 1.75. The van der Waals surface area contributed by atoms with Gasteiger partial charge in [-0.1, -0.05) is 36.0 Å². The molecule has 3 aromatic rings. The van der Waals surface area contributed by atoms with Crippen molar-refractivity contribution in [2.24, 2.45) is 0 Å². The maximum Gasteiger partial charge on any atom is 0.271 e. The van der Waals surface area contributed by atoms with Crippen LogP contribution in [-0.4, -0.2) is 28.2 Å². The van der Waals surface area contributed by atoms with Crippen molar-refractivity contribution in [1.29, 1.82) is 0 Å². The molecule has 1 amide bonds. The number of carbonyl (C=O) groups excluding carboxylic acids is 1. The zero-order valence-electron chi connectivity index (χ0n) is 14.7. The van der Waals surface area contributed by atoms with Crippen molar-refractivity contribution in [3.8, 4) is 5.75 Å². The van der Waals surface area contributed by atoms with Crippen LogP contribution in [0.25, 0.3) is 10.9 Å². The number of para-hydroxylation sites is 1. The van der Waals surface area contributed by atoms with Crippen molar-refractivity contribution in [2.75, 3.05) is 12.4 Å². The largest absolute Gasteiger partial charge is 0.495 e. The number of fused-ring (bicyclic) bond motifs is 1. The van der Waals surface area contributed by atoms with Crippen molar-refractivity contribution in [3.63, 3.8) is 0 Å². The van der Waals surface area contributed by atoms with Crippen molar-refractivity contribution in [1.82, 2.24) is 4.98 Å². The molecule has 0 saturated heterocycles. The van der Waals surface area contributed by atoms with Gasteiger partial charge in [0.1, 0.15) is 5.75 Å². The number of methoxy groups -OCH3 is 1. The molecule has 0 spiro atoms. The first-order valence-electron chi connectivity index (χ1n) is 8.13. The predicted octanol–water partition coefficient (Wildman–Crippen LogP) is 4.27. The number of ether oxygens (including phenoxy) is 1. The van der Waals surface area contributed by atoms with Crippen LogP contribution in [-0.2, 0) is 4.79 Å². The number of amides is 1. The monoisotopic (exact) mass is 383 g/mol. The van der Waals surface area contributed by atoms with Crippen LogP contribution in [0.1, 0.15) is 6.92 Å². The van der Waals surface area contributed by atoms with Gasteiger partial charge in [0, 0.05) is 17.5 Å². The molecule has 1 atom stereocenters. The minimum atomic E-state index is -0.522. The second-order valence-electron chi connectivity index (χ2n) is 5.73. The van der Waals surface area contributed by atoms with E-state index in [9.17, 15) is 14.9 Å². The fraction of sp³-hybridized carbons (Fsp3) is 0.158. The van der Waals surface area contributed by atoms with Gasteiger partial charge in [0.2, 0.25) is 5.91 Å². The highest BCUT2D eigenvalue weighted by molar-refractivity contribution is 8.00. The second kappa shape index (κ2) is 8.05. The highest BCUT2D eigenvalue weighted by atomic mass is 32.2. The van der Waals surface area contributed by atoms with Crippen molar-refractivity contribution in [2.45, 2.75) is 17.2 Å². The topological polar surface area (TPSA) is 94.4 Å². The summed E-state index contributed by atoms with van der Waals surface area (Å²) in [6, 6.07) is 15.6. The summed E-state index contributed by atoms with van der Waals surface area (Å²) in [5, 5.41) is 15.0. The number of aromatic nitrogens is 1. The molecule has 7 nitrogen and oxygen atoms in total. The van der Waals surface area contributed by atoms with Gasteiger partial charge in [-0.25, -0.2) is 4.98 Å². The van der Waals surface area contributed by atoms with Crippen LogP contribution >= 0.6 is 11.8 Å². The summed E-state index contributed by atoms with van der Waals surface area (Å²) < 4.78 is 5.17. The summed E-state index contributed by atoms with van der Waals surface area (Å²) >= 11 is 1.31. The predicted molar refractivity (Wildman–Crippen MR) is 105 cm³/mol. The highest BCUT2D eigenvalue weighted by Crippen LogP contribution is 2.30. The zero-order chi connectivity index (χ0) is 19.4. The van der Waals surface area contributed by atoms with Gasteiger partial charge < -0.3 is 10.1 Å². The molecule has 138 valence electrons.